The van der Waals surface area contributed by atoms with Crippen LogP contribution in [0.2, 0.25) is 0 Å². The van der Waals surface area contributed by atoms with Crippen LogP contribution in [0.3, 0.4) is 0 Å². The third-order valence-electron chi connectivity index (χ3n) is 3.76. The van der Waals surface area contributed by atoms with Crippen LogP contribution in [0.1, 0.15) is 12.5 Å². The zero-order chi connectivity index (χ0) is 18.2. The molecule has 0 aliphatic rings. The molecule has 0 aliphatic heterocycles. The van der Waals surface area contributed by atoms with Gasteiger partial charge in [0, 0.05) is 37.9 Å². The minimum atomic E-state index is -0.0215. The van der Waals surface area contributed by atoms with Crippen LogP contribution >= 0.6 is 0 Å². The number of hydrogen-bond donors (Lipinski definition) is 1. The Hall–Kier alpha value is -3.22. The van der Waals surface area contributed by atoms with Crippen LogP contribution in [0, 0.1) is 0 Å². The molecule has 0 aliphatic carbocycles. The van der Waals surface area contributed by atoms with E-state index < -0.39 is 0 Å². The molecule has 1 N–H and O–H groups in total. The van der Waals surface area contributed by atoms with Crippen molar-refractivity contribution in [1.29, 1.82) is 0 Å². The minimum absolute atomic E-state index is 0.0215. The molecule has 1 amide bonds. The lowest BCUT2D eigenvalue weighted by molar-refractivity contribution is -0.120. The molecule has 0 saturated heterocycles. The SMILES string of the molecule is CCOc1ccc(CC(=O)NCCn2ccnc2-c2ncccn2)cc1. The number of benzene rings is 1. The summed E-state index contributed by atoms with van der Waals surface area (Å²) in [6.07, 6.45) is 7.25. The monoisotopic (exact) mass is 351 g/mol. The van der Waals surface area contributed by atoms with E-state index in [2.05, 4.69) is 20.3 Å². The van der Waals surface area contributed by atoms with E-state index in [4.69, 9.17) is 4.74 Å². The summed E-state index contributed by atoms with van der Waals surface area (Å²) < 4.78 is 7.32. The number of nitrogens with zero attached hydrogens (tertiary/aromatic N) is 4. The van der Waals surface area contributed by atoms with Gasteiger partial charge in [0.15, 0.2) is 11.6 Å². The maximum Gasteiger partial charge on any atom is 0.224 e. The molecule has 7 nitrogen and oxygen atoms in total. The van der Waals surface area contributed by atoms with Gasteiger partial charge in [0.25, 0.3) is 0 Å². The van der Waals surface area contributed by atoms with Crippen molar-refractivity contribution in [3.05, 3.63) is 60.7 Å². The van der Waals surface area contributed by atoms with Crippen molar-refractivity contribution in [2.75, 3.05) is 13.2 Å². The Morgan fingerprint density at radius 1 is 1.12 bits per heavy atom. The van der Waals surface area contributed by atoms with Gasteiger partial charge in [-0.25, -0.2) is 15.0 Å². The molecule has 2 heterocycles. The van der Waals surface area contributed by atoms with Crippen LogP contribution in [-0.2, 0) is 17.8 Å². The normalized spacial score (nSPS) is 10.5. The van der Waals surface area contributed by atoms with E-state index in [0.29, 0.717) is 37.8 Å². The van der Waals surface area contributed by atoms with Crippen molar-refractivity contribution in [3.63, 3.8) is 0 Å². The van der Waals surface area contributed by atoms with E-state index in [1.165, 1.54) is 0 Å². The lowest BCUT2D eigenvalue weighted by atomic mass is 10.1. The Labute approximate surface area is 152 Å². The molecule has 134 valence electrons. The molecule has 26 heavy (non-hydrogen) atoms. The predicted molar refractivity (Wildman–Crippen MR) is 97.6 cm³/mol. The summed E-state index contributed by atoms with van der Waals surface area (Å²) in [6, 6.07) is 9.34. The topological polar surface area (TPSA) is 81.9 Å². The summed E-state index contributed by atoms with van der Waals surface area (Å²) in [5.74, 6) is 2.05. The summed E-state index contributed by atoms with van der Waals surface area (Å²) in [7, 11) is 0. The molecular weight excluding hydrogens is 330 g/mol. The predicted octanol–water partition coefficient (Wildman–Crippen LogP) is 2.10. The highest BCUT2D eigenvalue weighted by molar-refractivity contribution is 5.78. The summed E-state index contributed by atoms with van der Waals surface area (Å²) in [5.41, 5.74) is 0.951. The first kappa shape index (κ1) is 17.6. The molecule has 1 aromatic carbocycles. The highest BCUT2D eigenvalue weighted by atomic mass is 16.5. The Morgan fingerprint density at radius 2 is 1.88 bits per heavy atom. The van der Waals surface area contributed by atoms with Gasteiger partial charge < -0.3 is 14.6 Å². The van der Waals surface area contributed by atoms with Crippen molar-refractivity contribution in [2.45, 2.75) is 19.9 Å². The number of imidazole rings is 1. The molecule has 3 aromatic rings. The van der Waals surface area contributed by atoms with E-state index in [0.717, 1.165) is 11.3 Å². The van der Waals surface area contributed by atoms with Gasteiger partial charge in [0.2, 0.25) is 5.91 Å². The van der Waals surface area contributed by atoms with Crippen LogP contribution < -0.4 is 10.1 Å². The van der Waals surface area contributed by atoms with Crippen LogP contribution in [0.15, 0.2) is 55.1 Å². The van der Waals surface area contributed by atoms with Gasteiger partial charge in [-0.1, -0.05) is 12.1 Å². The van der Waals surface area contributed by atoms with Crippen molar-refractivity contribution in [2.24, 2.45) is 0 Å². The molecule has 0 radical (unpaired) electrons. The third-order valence-corrected chi connectivity index (χ3v) is 3.76. The summed E-state index contributed by atoms with van der Waals surface area (Å²) in [4.78, 5) is 24.8. The summed E-state index contributed by atoms with van der Waals surface area (Å²) >= 11 is 0. The first-order chi connectivity index (χ1) is 12.8. The number of carbonyl (C=O) groups excluding carboxylic acids is 1. The lowest BCUT2D eigenvalue weighted by Gasteiger charge is -2.09. The van der Waals surface area contributed by atoms with Gasteiger partial charge in [-0.2, -0.15) is 0 Å². The van der Waals surface area contributed by atoms with Gasteiger partial charge in [-0.05, 0) is 30.7 Å². The largest absolute Gasteiger partial charge is 0.494 e. The molecule has 0 spiro atoms. The zero-order valence-corrected chi connectivity index (χ0v) is 14.6. The maximum absolute atomic E-state index is 12.1. The van der Waals surface area contributed by atoms with Crippen LogP contribution in [0.5, 0.6) is 5.75 Å². The highest BCUT2D eigenvalue weighted by Gasteiger charge is 2.09. The fraction of sp³-hybridized carbons (Fsp3) is 0.263. The van der Waals surface area contributed by atoms with Crippen molar-refractivity contribution in [1.82, 2.24) is 24.8 Å². The van der Waals surface area contributed by atoms with Crippen LogP contribution in [0.4, 0.5) is 0 Å². The first-order valence-electron chi connectivity index (χ1n) is 8.53. The quantitative estimate of drug-likeness (QED) is 0.672. The Bertz CT molecular complexity index is 831. The van der Waals surface area contributed by atoms with Gasteiger partial charge in [0.05, 0.1) is 13.0 Å². The van der Waals surface area contributed by atoms with Crippen LogP contribution in [0.25, 0.3) is 11.6 Å². The fourth-order valence-corrected chi connectivity index (χ4v) is 2.54. The third kappa shape index (κ3) is 4.66. The molecule has 0 saturated carbocycles. The number of aromatic nitrogens is 4. The average molecular weight is 351 g/mol. The lowest BCUT2D eigenvalue weighted by Crippen LogP contribution is -2.28. The Morgan fingerprint density at radius 3 is 2.62 bits per heavy atom. The number of carbonyl (C=O) groups is 1. The van der Waals surface area contributed by atoms with Gasteiger partial charge >= 0.3 is 0 Å². The van der Waals surface area contributed by atoms with Crippen LogP contribution in [-0.4, -0.2) is 38.6 Å². The van der Waals surface area contributed by atoms with Gasteiger partial charge in [0.1, 0.15) is 5.75 Å². The standard InChI is InChI=1S/C19H21N5O2/c1-2-26-16-6-4-15(5-7-16)14-17(25)20-10-12-24-13-11-23-19(24)18-21-8-3-9-22-18/h3-9,11,13H,2,10,12,14H2,1H3,(H,20,25). The zero-order valence-electron chi connectivity index (χ0n) is 14.6. The van der Waals surface area contributed by atoms with E-state index >= 15 is 0 Å². The molecule has 3 rings (SSSR count). The molecule has 0 atom stereocenters. The second kappa shape index (κ2) is 8.75. The smallest absolute Gasteiger partial charge is 0.224 e. The fourth-order valence-electron chi connectivity index (χ4n) is 2.54. The van der Waals surface area contributed by atoms with Gasteiger partial charge in [-0.3, -0.25) is 4.79 Å². The molecule has 2 aromatic heterocycles. The summed E-state index contributed by atoms with van der Waals surface area (Å²) in [5, 5.41) is 2.93. The maximum atomic E-state index is 12.1. The first-order valence-corrected chi connectivity index (χ1v) is 8.53. The molecular formula is C19H21N5O2. The molecule has 7 heteroatoms. The van der Waals surface area contributed by atoms with Crippen molar-refractivity contribution in [3.8, 4) is 17.4 Å². The molecule has 0 bridgehead atoms. The number of rotatable bonds is 8. The number of hydrogen-bond acceptors (Lipinski definition) is 5. The van der Waals surface area contributed by atoms with E-state index in [1.807, 2.05) is 42.0 Å². The molecule has 0 unspecified atom stereocenters. The number of nitrogens with one attached hydrogen (secondary N) is 1. The van der Waals surface area contributed by atoms with Crippen molar-refractivity contribution < 1.29 is 9.53 Å². The highest BCUT2D eigenvalue weighted by Crippen LogP contribution is 2.13. The second-order valence-electron chi connectivity index (χ2n) is 5.62. The Kier molecular flexibility index (Phi) is 5.92. The van der Waals surface area contributed by atoms with E-state index in [1.54, 1.807) is 24.7 Å². The van der Waals surface area contributed by atoms with Gasteiger partial charge in [-0.15, -0.1) is 0 Å². The number of ether oxygens (including phenoxy) is 1. The van der Waals surface area contributed by atoms with Crippen molar-refractivity contribution >= 4 is 5.91 Å². The molecule has 0 fully saturated rings. The number of amides is 1. The average Bonchev–Trinajstić information content (AvgIpc) is 3.13. The van der Waals surface area contributed by atoms with E-state index in [-0.39, 0.29) is 5.91 Å². The summed E-state index contributed by atoms with van der Waals surface area (Å²) in [6.45, 7) is 3.68. The second-order valence-corrected chi connectivity index (χ2v) is 5.62. The van der Waals surface area contributed by atoms with E-state index in [9.17, 15) is 4.79 Å². The Balaban J connectivity index is 1.49. The minimum Gasteiger partial charge on any atom is -0.494 e.